The van der Waals surface area contributed by atoms with Gasteiger partial charge in [0.15, 0.2) is 10.9 Å². The van der Waals surface area contributed by atoms with Gasteiger partial charge in [-0.1, -0.05) is 23.9 Å². The lowest BCUT2D eigenvalue weighted by Crippen LogP contribution is -1.96. The monoisotopic (exact) mass is 286 g/mol. The van der Waals surface area contributed by atoms with Crippen LogP contribution >= 0.6 is 11.8 Å². The average Bonchev–Trinajstić information content (AvgIpc) is 2.82. The molecule has 0 saturated carbocycles. The fourth-order valence-corrected chi connectivity index (χ4v) is 2.91. The van der Waals surface area contributed by atoms with Crippen molar-refractivity contribution in [1.29, 1.82) is 0 Å². The van der Waals surface area contributed by atoms with Crippen molar-refractivity contribution in [3.63, 3.8) is 0 Å². The molecule has 3 nitrogen and oxygen atoms in total. The number of hydrogen-bond acceptors (Lipinski definition) is 3. The second-order valence-electron chi connectivity index (χ2n) is 4.36. The zero-order valence-electron chi connectivity index (χ0n) is 10.7. The number of halogens is 1. The van der Waals surface area contributed by atoms with Gasteiger partial charge in [0.25, 0.3) is 0 Å². The number of nitrogens with zero attached hydrogens (tertiary/aromatic N) is 1. The third-order valence-corrected chi connectivity index (χ3v) is 3.86. The highest BCUT2D eigenvalue weighted by atomic mass is 32.2. The number of nitrogens with one attached hydrogen (secondary N) is 1. The first-order chi connectivity index (χ1) is 9.63. The Morgan fingerprint density at radius 1 is 1.25 bits per heavy atom. The van der Waals surface area contributed by atoms with Gasteiger partial charge in [-0.3, -0.25) is 4.79 Å². The van der Waals surface area contributed by atoms with E-state index in [0.29, 0.717) is 15.6 Å². The molecule has 0 aliphatic rings. The minimum atomic E-state index is -0.413. The molecule has 0 atom stereocenters. The minimum absolute atomic E-state index is 0.164. The van der Waals surface area contributed by atoms with E-state index < -0.39 is 5.82 Å². The van der Waals surface area contributed by atoms with E-state index in [9.17, 15) is 9.18 Å². The summed E-state index contributed by atoms with van der Waals surface area (Å²) in [6, 6.07) is 11.9. The van der Waals surface area contributed by atoms with Gasteiger partial charge in [0.05, 0.1) is 11.0 Å². The number of ketones is 1. The largest absolute Gasteiger partial charge is 0.333 e. The molecule has 0 unspecified atom stereocenters. The van der Waals surface area contributed by atoms with Gasteiger partial charge in [0, 0.05) is 10.5 Å². The van der Waals surface area contributed by atoms with Crippen LogP contribution in [0.3, 0.4) is 0 Å². The molecule has 0 bridgehead atoms. The van der Waals surface area contributed by atoms with Crippen molar-refractivity contribution in [1.82, 2.24) is 9.97 Å². The number of carbonyl (C=O) groups is 1. The van der Waals surface area contributed by atoms with Crippen molar-refractivity contribution in [3.8, 4) is 0 Å². The zero-order valence-corrected chi connectivity index (χ0v) is 11.5. The number of fused-ring (bicyclic) bond motifs is 1. The van der Waals surface area contributed by atoms with Crippen LogP contribution in [0.25, 0.3) is 11.0 Å². The van der Waals surface area contributed by atoms with Crippen molar-refractivity contribution in [2.24, 2.45) is 0 Å². The summed E-state index contributed by atoms with van der Waals surface area (Å²) in [5.74, 6) is -0.577. The molecule has 0 spiro atoms. The van der Waals surface area contributed by atoms with Gasteiger partial charge in [-0.25, -0.2) is 9.37 Å². The van der Waals surface area contributed by atoms with E-state index in [1.54, 1.807) is 6.07 Å². The van der Waals surface area contributed by atoms with Gasteiger partial charge in [0.1, 0.15) is 5.82 Å². The molecule has 1 N–H and O–H groups in total. The Balaban J connectivity index is 2.00. The number of rotatable bonds is 3. The molecular formula is C15H11FN2OS. The van der Waals surface area contributed by atoms with E-state index in [1.807, 2.05) is 24.3 Å². The molecule has 100 valence electrons. The SMILES string of the molecule is CC(=O)c1cc(F)ccc1Sc1nc2ccccc2[nH]1. The Bertz CT molecular complexity index is 764. The standard InChI is InChI=1S/C15H11FN2OS/c1-9(19)11-8-10(16)6-7-14(11)20-15-17-12-4-2-3-5-13(12)18-15/h2-8H,1H3,(H,17,18). The van der Waals surface area contributed by atoms with Gasteiger partial charge in [0.2, 0.25) is 0 Å². The lowest BCUT2D eigenvalue weighted by Gasteiger charge is -2.04. The van der Waals surface area contributed by atoms with Crippen LogP contribution in [0.1, 0.15) is 17.3 Å². The number of aromatic nitrogens is 2. The van der Waals surface area contributed by atoms with Crippen LogP contribution in [0.15, 0.2) is 52.5 Å². The second kappa shape index (κ2) is 5.09. The smallest absolute Gasteiger partial charge is 0.171 e. The summed E-state index contributed by atoms with van der Waals surface area (Å²) < 4.78 is 13.2. The van der Waals surface area contributed by atoms with Crippen LogP contribution < -0.4 is 0 Å². The van der Waals surface area contributed by atoms with Crippen molar-refractivity contribution >= 4 is 28.6 Å². The van der Waals surface area contributed by atoms with Gasteiger partial charge >= 0.3 is 0 Å². The first-order valence-electron chi connectivity index (χ1n) is 6.06. The molecule has 0 amide bonds. The lowest BCUT2D eigenvalue weighted by molar-refractivity contribution is 0.101. The highest BCUT2D eigenvalue weighted by molar-refractivity contribution is 7.99. The van der Waals surface area contributed by atoms with Crippen molar-refractivity contribution in [2.75, 3.05) is 0 Å². The molecule has 3 rings (SSSR count). The molecule has 0 saturated heterocycles. The maximum atomic E-state index is 13.2. The predicted octanol–water partition coefficient (Wildman–Crippen LogP) is 4.06. The van der Waals surface area contributed by atoms with Crippen LogP contribution in [0.5, 0.6) is 0 Å². The maximum absolute atomic E-state index is 13.2. The van der Waals surface area contributed by atoms with E-state index in [2.05, 4.69) is 9.97 Å². The number of H-pyrrole nitrogens is 1. The third kappa shape index (κ3) is 2.44. The van der Waals surface area contributed by atoms with E-state index in [1.165, 1.54) is 30.8 Å². The minimum Gasteiger partial charge on any atom is -0.333 e. The molecule has 0 aliphatic heterocycles. The van der Waals surface area contributed by atoms with Gasteiger partial charge in [-0.05, 0) is 37.3 Å². The quantitative estimate of drug-likeness (QED) is 0.739. The molecule has 5 heteroatoms. The Hall–Kier alpha value is -2.14. The van der Waals surface area contributed by atoms with Crippen molar-refractivity contribution < 1.29 is 9.18 Å². The van der Waals surface area contributed by atoms with E-state index in [4.69, 9.17) is 0 Å². The topological polar surface area (TPSA) is 45.8 Å². The van der Waals surface area contributed by atoms with Crippen LogP contribution in [0, 0.1) is 5.82 Å². The lowest BCUT2D eigenvalue weighted by atomic mass is 10.1. The summed E-state index contributed by atoms with van der Waals surface area (Å²) in [5, 5.41) is 0.681. The summed E-state index contributed by atoms with van der Waals surface area (Å²) in [6.07, 6.45) is 0. The van der Waals surface area contributed by atoms with Gasteiger partial charge in [-0.15, -0.1) is 0 Å². The Labute approximate surface area is 119 Å². The van der Waals surface area contributed by atoms with E-state index >= 15 is 0 Å². The van der Waals surface area contributed by atoms with Gasteiger partial charge in [-0.2, -0.15) is 0 Å². The molecule has 0 radical (unpaired) electrons. The number of Topliss-reactive ketones (excluding diaryl/α,β-unsaturated/α-hetero) is 1. The Morgan fingerprint density at radius 2 is 2.05 bits per heavy atom. The highest BCUT2D eigenvalue weighted by Gasteiger charge is 2.12. The molecular weight excluding hydrogens is 275 g/mol. The number of aromatic amines is 1. The Morgan fingerprint density at radius 3 is 2.80 bits per heavy atom. The van der Waals surface area contributed by atoms with Crippen LogP contribution in [0.2, 0.25) is 0 Å². The molecule has 1 aromatic heterocycles. The van der Waals surface area contributed by atoms with Crippen LogP contribution in [0.4, 0.5) is 4.39 Å². The summed E-state index contributed by atoms with van der Waals surface area (Å²) in [4.78, 5) is 19.9. The summed E-state index contributed by atoms with van der Waals surface area (Å²) in [6.45, 7) is 1.43. The zero-order chi connectivity index (χ0) is 14.1. The number of hydrogen-bond donors (Lipinski definition) is 1. The molecule has 0 aliphatic carbocycles. The fourth-order valence-electron chi connectivity index (χ4n) is 1.95. The number of carbonyl (C=O) groups excluding carboxylic acids is 1. The second-order valence-corrected chi connectivity index (χ2v) is 5.39. The molecule has 2 aromatic carbocycles. The van der Waals surface area contributed by atoms with E-state index in [0.717, 1.165) is 11.0 Å². The first-order valence-corrected chi connectivity index (χ1v) is 6.88. The first kappa shape index (κ1) is 12.9. The number of benzene rings is 2. The highest BCUT2D eigenvalue weighted by Crippen LogP contribution is 2.30. The normalized spacial score (nSPS) is 10.9. The predicted molar refractivity (Wildman–Crippen MR) is 76.6 cm³/mol. The van der Waals surface area contributed by atoms with Crippen molar-refractivity contribution in [2.45, 2.75) is 17.0 Å². The summed E-state index contributed by atoms with van der Waals surface area (Å²) in [5.41, 5.74) is 2.17. The number of para-hydroxylation sites is 2. The number of imidazole rings is 1. The molecule has 20 heavy (non-hydrogen) atoms. The average molecular weight is 286 g/mol. The van der Waals surface area contributed by atoms with Gasteiger partial charge < -0.3 is 4.98 Å². The van der Waals surface area contributed by atoms with E-state index in [-0.39, 0.29) is 5.78 Å². The van der Waals surface area contributed by atoms with Crippen LogP contribution in [-0.4, -0.2) is 15.8 Å². The molecule has 3 aromatic rings. The third-order valence-electron chi connectivity index (χ3n) is 2.90. The maximum Gasteiger partial charge on any atom is 0.171 e. The Kier molecular flexibility index (Phi) is 3.28. The summed E-state index contributed by atoms with van der Waals surface area (Å²) >= 11 is 1.32. The molecule has 0 fully saturated rings. The molecule has 1 heterocycles. The van der Waals surface area contributed by atoms with Crippen LogP contribution in [-0.2, 0) is 0 Å². The fraction of sp³-hybridized carbons (Fsp3) is 0.0667. The summed E-state index contributed by atoms with van der Waals surface area (Å²) in [7, 11) is 0. The van der Waals surface area contributed by atoms with Crippen molar-refractivity contribution in [3.05, 3.63) is 53.8 Å².